The summed E-state index contributed by atoms with van der Waals surface area (Å²) in [4.78, 5) is 2.32. The summed E-state index contributed by atoms with van der Waals surface area (Å²) in [5.41, 5.74) is 2.01. The SMILES string of the molecule is CCC(O)(CC)CN1CCc2[nH]ncc2C1. The predicted octanol–water partition coefficient (Wildman–Crippen LogP) is 1.32. The highest BCUT2D eigenvalue weighted by Crippen LogP contribution is 2.21. The molecule has 4 heteroatoms. The van der Waals surface area contributed by atoms with E-state index in [9.17, 15) is 5.11 Å². The molecule has 0 aromatic carbocycles. The number of aliphatic hydroxyl groups is 1. The standard InChI is InChI=1S/C12H21N3O/c1-3-12(16,4-2)9-15-6-5-11-10(8-15)7-13-14-11/h7,16H,3-6,8-9H2,1-2H3,(H,13,14). The summed E-state index contributed by atoms with van der Waals surface area (Å²) in [6, 6.07) is 0. The molecule has 0 fully saturated rings. The first-order valence-corrected chi connectivity index (χ1v) is 6.12. The summed E-state index contributed by atoms with van der Waals surface area (Å²) in [6.07, 6.45) is 4.55. The van der Waals surface area contributed by atoms with Crippen LogP contribution < -0.4 is 0 Å². The van der Waals surface area contributed by atoms with E-state index in [0.29, 0.717) is 0 Å². The van der Waals surface area contributed by atoms with Gasteiger partial charge in [0, 0.05) is 37.3 Å². The fraction of sp³-hybridized carbons (Fsp3) is 0.750. The predicted molar refractivity (Wildman–Crippen MR) is 63.1 cm³/mol. The maximum absolute atomic E-state index is 10.3. The Morgan fingerprint density at radius 2 is 2.25 bits per heavy atom. The average Bonchev–Trinajstić information content (AvgIpc) is 2.76. The van der Waals surface area contributed by atoms with E-state index >= 15 is 0 Å². The highest BCUT2D eigenvalue weighted by molar-refractivity contribution is 5.19. The molecule has 0 spiro atoms. The molecule has 2 N–H and O–H groups in total. The third kappa shape index (κ3) is 2.28. The van der Waals surface area contributed by atoms with Crippen LogP contribution in [0.25, 0.3) is 0 Å². The van der Waals surface area contributed by atoms with E-state index in [4.69, 9.17) is 0 Å². The van der Waals surface area contributed by atoms with Crippen molar-refractivity contribution in [3.05, 3.63) is 17.5 Å². The van der Waals surface area contributed by atoms with E-state index in [1.54, 1.807) is 0 Å². The molecule has 2 heterocycles. The van der Waals surface area contributed by atoms with E-state index in [2.05, 4.69) is 28.9 Å². The second kappa shape index (κ2) is 4.55. The lowest BCUT2D eigenvalue weighted by Crippen LogP contribution is -2.44. The number of aromatic nitrogens is 2. The van der Waals surface area contributed by atoms with Gasteiger partial charge in [0.25, 0.3) is 0 Å². The van der Waals surface area contributed by atoms with E-state index < -0.39 is 5.60 Å². The Bertz CT molecular complexity index is 344. The van der Waals surface area contributed by atoms with Crippen molar-refractivity contribution in [3.63, 3.8) is 0 Å². The molecule has 0 atom stereocenters. The van der Waals surface area contributed by atoms with Crippen molar-refractivity contribution in [1.82, 2.24) is 15.1 Å². The molecule has 0 radical (unpaired) electrons. The van der Waals surface area contributed by atoms with Crippen LogP contribution in [0.15, 0.2) is 6.20 Å². The van der Waals surface area contributed by atoms with Crippen molar-refractivity contribution < 1.29 is 5.11 Å². The topological polar surface area (TPSA) is 52.1 Å². The summed E-state index contributed by atoms with van der Waals surface area (Å²) >= 11 is 0. The Morgan fingerprint density at radius 3 is 2.94 bits per heavy atom. The quantitative estimate of drug-likeness (QED) is 0.809. The Balaban J connectivity index is 1.99. The van der Waals surface area contributed by atoms with Crippen molar-refractivity contribution in [2.45, 2.75) is 45.3 Å². The van der Waals surface area contributed by atoms with Crippen LogP contribution in [0.4, 0.5) is 0 Å². The molecule has 1 aliphatic heterocycles. The van der Waals surface area contributed by atoms with Gasteiger partial charge in [0.15, 0.2) is 0 Å². The smallest absolute Gasteiger partial charge is 0.0769 e. The number of nitrogens with one attached hydrogen (secondary N) is 1. The fourth-order valence-corrected chi connectivity index (χ4v) is 2.31. The highest BCUT2D eigenvalue weighted by atomic mass is 16.3. The van der Waals surface area contributed by atoms with Crippen LogP contribution in [0, 0.1) is 0 Å². The van der Waals surface area contributed by atoms with Crippen LogP contribution in [0.5, 0.6) is 0 Å². The van der Waals surface area contributed by atoms with Gasteiger partial charge in [0.05, 0.1) is 11.8 Å². The molecule has 0 amide bonds. The van der Waals surface area contributed by atoms with Gasteiger partial charge in [-0.3, -0.25) is 10.00 Å². The molecule has 0 unspecified atom stereocenters. The Morgan fingerprint density at radius 1 is 1.50 bits per heavy atom. The van der Waals surface area contributed by atoms with Crippen LogP contribution in [-0.4, -0.2) is 38.9 Å². The number of nitrogens with zero attached hydrogens (tertiary/aromatic N) is 2. The normalized spacial score (nSPS) is 17.4. The number of β-amino-alcohol motifs (C(OH)–C–C–N with tert-alkyl or cyclic N) is 1. The van der Waals surface area contributed by atoms with Crippen molar-refractivity contribution in [2.24, 2.45) is 0 Å². The third-order valence-corrected chi connectivity index (χ3v) is 3.71. The lowest BCUT2D eigenvalue weighted by molar-refractivity contribution is -0.00691. The zero-order chi connectivity index (χ0) is 11.6. The summed E-state index contributed by atoms with van der Waals surface area (Å²) in [5.74, 6) is 0. The molecule has 2 rings (SSSR count). The number of fused-ring (bicyclic) bond motifs is 1. The summed E-state index contributed by atoms with van der Waals surface area (Å²) < 4.78 is 0. The van der Waals surface area contributed by atoms with Crippen LogP contribution in [0.2, 0.25) is 0 Å². The summed E-state index contributed by atoms with van der Waals surface area (Å²) in [5, 5.41) is 17.4. The van der Waals surface area contributed by atoms with Crippen molar-refractivity contribution in [2.75, 3.05) is 13.1 Å². The molecule has 16 heavy (non-hydrogen) atoms. The van der Waals surface area contributed by atoms with Gasteiger partial charge in [0.2, 0.25) is 0 Å². The van der Waals surface area contributed by atoms with Gasteiger partial charge in [-0.05, 0) is 12.8 Å². The van der Waals surface area contributed by atoms with E-state index in [1.165, 1.54) is 11.3 Å². The van der Waals surface area contributed by atoms with Crippen LogP contribution in [-0.2, 0) is 13.0 Å². The lowest BCUT2D eigenvalue weighted by Gasteiger charge is -2.34. The Kier molecular flexibility index (Phi) is 3.30. The van der Waals surface area contributed by atoms with Gasteiger partial charge in [-0.2, -0.15) is 5.10 Å². The third-order valence-electron chi connectivity index (χ3n) is 3.71. The molecule has 1 aromatic heterocycles. The zero-order valence-corrected chi connectivity index (χ0v) is 10.2. The molecule has 1 aromatic rings. The minimum Gasteiger partial charge on any atom is -0.389 e. The van der Waals surface area contributed by atoms with Gasteiger partial charge in [-0.1, -0.05) is 13.8 Å². The Labute approximate surface area is 96.7 Å². The van der Waals surface area contributed by atoms with Gasteiger partial charge >= 0.3 is 0 Å². The molecule has 0 saturated carbocycles. The van der Waals surface area contributed by atoms with Crippen molar-refractivity contribution in [1.29, 1.82) is 0 Å². The number of rotatable bonds is 4. The van der Waals surface area contributed by atoms with Crippen LogP contribution in [0.1, 0.15) is 37.9 Å². The summed E-state index contributed by atoms with van der Waals surface area (Å²) in [6.45, 7) is 6.80. The zero-order valence-electron chi connectivity index (χ0n) is 10.2. The van der Waals surface area contributed by atoms with Crippen molar-refractivity contribution in [3.8, 4) is 0 Å². The number of aromatic amines is 1. The average molecular weight is 223 g/mol. The molecule has 0 aliphatic carbocycles. The van der Waals surface area contributed by atoms with Crippen LogP contribution in [0.3, 0.4) is 0 Å². The lowest BCUT2D eigenvalue weighted by atomic mass is 9.95. The molecular formula is C12H21N3O. The monoisotopic (exact) mass is 223 g/mol. The minimum atomic E-state index is -0.527. The molecule has 4 nitrogen and oxygen atoms in total. The summed E-state index contributed by atoms with van der Waals surface area (Å²) in [7, 11) is 0. The van der Waals surface area contributed by atoms with Gasteiger partial charge < -0.3 is 5.11 Å². The van der Waals surface area contributed by atoms with E-state index in [-0.39, 0.29) is 0 Å². The molecule has 0 bridgehead atoms. The maximum atomic E-state index is 10.3. The second-order valence-corrected chi connectivity index (χ2v) is 4.77. The molecule has 0 saturated heterocycles. The molecular weight excluding hydrogens is 202 g/mol. The second-order valence-electron chi connectivity index (χ2n) is 4.77. The first-order chi connectivity index (χ1) is 7.67. The van der Waals surface area contributed by atoms with Gasteiger partial charge in [-0.25, -0.2) is 0 Å². The number of hydrogen-bond donors (Lipinski definition) is 2. The van der Waals surface area contributed by atoms with E-state index in [0.717, 1.165) is 38.9 Å². The van der Waals surface area contributed by atoms with Crippen LogP contribution >= 0.6 is 0 Å². The number of hydrogen-bond acceptors (Lipinski definition) is 3. The van der Waals surface area contributed by atoms with Gasteiger partial charge in [-0.15, -0.1) is 0 Å². The Hall–Kier alpha value is -0.870. The number of H-pyrrole nitrogens is 1. The minimum absolute atomic E-state index is 0.527. The maximum Gasteiger partial charge on any atom is 0.0769 e. The van der Waals surface area contributed by atoms with Crippen molar-refractivity contribution >= 4 is 0 Å². The highest BCUT2D eigenvalue weighted by Gasteiger charge is 2.27. The fourth-order valence-electron chi connectivity index (χ4n) is 2.31. The molecule has 90 valence electrons. The largest absolute Gasteiger partial charge is 0.389 e. The van der Waals surface area contributed by atoms with E-state index in [1.807, 2.05) is 6.20 Å². The first-order valence-electron chi connectivity index (χ1n) is 6.12. The first kappa shape index (κ1) is 11.6. The molecule has 1 aliphatic rings. The van der Waals surface area contributed by atoms with Gasteiger partial charge in [0.1, 0.15) is 0 Å².